The van der Waals surface area contributed by atoms with E-state index in [0.717, 1.165) is 19.3 Å². The van der Waals surface area contributed by atoms with Crippen molar-refractivity contribution in [1.29, 1.82) is 0 Å². The van der Waals surface area contributed by atoms with Gasteiger partial charge in [0.05, 0.1) is 0 Å². The highest BCUT2D eigenvalue weighted by Crippen LogP contribution is 2.31. The standard InChI is InChI=1S/C8H14Cl2/c1-3-5-7-8(9,10)6-4-2/h4H,2-3,5-7H2,1H3. The third-order valence-electron chi connectivity index (χ3n) is 1.34. The summed E-state index contributed by atoms with van der Waals surface area (Å²) in [6.45, 7) is 5.71. The third kappa shape index (κ3) is 5.13. The van der Waals surface area contributed by atoms with Gasteiger partial charge in [-0.2, -0.15) is 0 Å². The fraction of sp³-hybridized carbons (Fsp3) is 0.750. The second kappa shape index (κ2) is 5.03. The average molecular weight is 181 g/mol. The molecule has 0 saturated heterocycles. The van der Waals surface area contributed by atoms with E-state index in [9.17, 15) is 0 Å². The van der Waals surface area contributed by atoms with Gasteiger partial charge in [-0.05, 0) is 12.8 Å². The Balaban J connectivity index is 3.51. The van der Waals surface area contributed by atoms with Crippen LogP contribution >= 0.6 is 23.2 Å². The molecule has 0 aliphatic rings. The van der Waals surface area contributed by atoms with E-state index in [4.69, 9.17) is 23.2 Å². The van der Waals surface area contributed by atoms with Gasteiger partial charge in [0.25, 0.3) is 0 Å². The molecular formula is C8H14Cl2. The predicted octanol–water partition coefficient (Wildman–Crippen LogP) is 3.93. The minimum Gasteiger partial charge on any atom is -0.103 e. The van der Waals surface area contributed by atoms with E-state index < -0.39 is 4.33 Å². The molecule has 0 spiro atoms. The van der Waals surface area contributed by atoms with Gasteiger partial charge in [0.1, 0.15) is 4.33 Å². The lowest BCUT2D eigenvalue weighted by Gasteiger charge is -2.16. The molecule has 2 heteroatoms. The predicted molar refractivity (Wildman–Crippen MR) is 48.8 cm³/mol. The second-order valence-electron chi connectivity index (χ2n) is 2.45. The van der Waals surface area contributed by atoms with Crippen LogP contribution in [-0.2, 0) is 0 Å². The van der Waals surface area contributed by atoms with Gasteiger partial charge in [-0.1, -0.05) is 25.8 Å². The zero-order valence-electron chi connectivity index (χ0n) is 6.37. The van der Waals surface area contributed by atoms with Gasteiger partial charge in [0, 0.05) is 0 Å². The molecule has 0 aromatic heterocycles. The van der Waals surface area contributed by atoms with Crippen molar-refractivity contribution in [3.8, 4) is 0 Å². The van der Waals surface area contributed by atoms with Crippen molar-refractivity contribution in [2.24, 2.45) is 0 Å². The van der Waals surface area contributed by atoms with Crippen molar-refractivity contribution in [3.05, 3.63) is 12.7 Å². The monoisotopic (exact) mass is 180 g/mol. The lowest BCUT2D eigenvalue weighted by atomic mass is 10.1. The normalized spacial score (nSPS) is 11.5. The summed E-state index contributed by atoms with van der Waals surface area (Å²) in [5, 5.41) is 0. The molecule has 0 fully saturated rings. The Labute approximate surface area is 73.2 Å². The van der Waals surface area contributed by atoms with Gasteiger partial charge in [0.2, 0.25) is 0 Å². The lowest BCUT2D eigenvalue weighted by Crippen LogP contribution is -2.10. The molecule has 0 bridgehead atoms. The number of halogens is 2. The average Bonchev–Trinajstić information content (AvgIpc) is 1.84. The lowest BCUT2D eigenvalue weighted by molar-refractivity contribution is 0.640. The Kier molecular flexibility index (Phi) is 5.20. The maximum atomic E-state index is 5.91. The van der Waals surface area contributed by atoms with E-state index in [1.165, 1.54) is 0 Å². The summed E-state index contributed by atoms with van der Waals surface area (Å²) in [6.07, 6.45) is 5.52. The van der Waals surface area contributed by atoms with Crippen LogP contribution in [0.5, 0.6) is 0 Å². The molecule has 0 nitrogen and oxygen atoms in total. The minimum atomic E-state index is -0.572. The maximum Gasteiger partial charge on any atom is 0.121 e. The first-order chi connectivity index (χ1) is 4.62. The van der Waals surface area contributed by atoms with Crippen LogP contribution < -0.4 is 0 Å². The summed E-state index contributed by atoms with van der Waals surface area (Å²) in [5.41, 5.74) is 0. The molecule has 0 unspecified atom stereocenters. The number of hydrogen-bond acceptors (Lipinski definition) is 0. The van der Waals surface area contributed by atoms with E-state index in [0.29, 0.717) is 6.42 Å². The van der Waals surface area contributed by atoms with Gasteiger partial charge < -0.3 is 0 Å². The Hall–Kier alpha value is 0.320. The molecule has 0 aromatic rings. The van der Waals surface area contributed by atoms with Crippen LogP contribution in [0.2, 0.25) is 0 Å². The third-order valence-corrected chi connectivity index (χ3v) is 2.03. The van der Waals surface area contributed by atoms with Crippen LogP contribution in [0.3, 0.4) is 0 Å². The van der Waals surface area contributed by atoms with Gasteiger partial charge in [-0.3, -0.25) is 0 Å². The Morgan fingerprint density at radius 3 is 2.50 bits per heavy atom. The fourth-order valence-electron chi connectivity index (χ4n) is 0.749. The summed E-state index contributed by atoms with van der Waals surface area (Å²) < 4.78 is -0.572. The van der Waals surface area contributed by atoms with Crippen LogP contribution in [0, 0.1) is 0 Å². The second-order valence-corrected chi connectivity index (χ2v) is 4.09. The first kappa shape index (κ1) is 10.3. The maximum absolute atomic E-state index is 5.91. The van der Waals surface area contributed by atoms with E-state index in [1.807, 2.05) is 0 Å². The van der Waals surface area contributed by atoms with E-state index >= 15 is 0 Å². The van der Waals surface area contributed by atoms with Crippen molar-refractivity contribution < 1.29 is 0 Å². The fourth-order valence-corrected chi connectivity index (χ4v) is 1.23. The van der Waals surface area contributed by atoms with Crippen molar-refractivity contribution in [2.45, 2.75) is 36.9 Å². The quantitative estimate of drug-likeness (QED) is 0.445. The molecule has 0 heterocycles. The minimum absolute atomic E-state index is 0.572. The molecule has 0 aromatic carbocycles. The number of alkyl halides is 2. The summed E-state index contributed by atoms with van der Waals surface area (Å²) in [6, 6.07) is 0. The highest BCUT2D eigenvalue weighted by Gasteiger charge is 2.20. The van der Waals surface area contributed by atoms with E-state index in [-0.39, 0.29) is 0 Å². The molecule has 60 valence electrons. The molecule has 0 aliphatic carbocycles. The van der Waals surface area contributed by atoms with Crippen molar-refractivity contribution in [3.63, 3.8) is 0 Å². The molecular weight excluding hydrogens is 167 g/mol. The first-order valence-electron chi connectivity index (χ1n) is 3.61. The van der Waals surface area contributed by atoms with Crippen molar-refractivity contribution in [2.75, 3.05) is 0 Å². The zero-order valence-corrected chi connectivity index (χ0v) is 7.88. The molecule has 0 aliphatic heterocycles. The van der Waals surface area contributed by atoms with E-state index in [1.54, 1.807) is 6.08 Å². The SMILES string of the molecule is C=CCC(Cl)(Cl)CCCC. The molecule has 0 saturated carbocycles. The number of allylic oxidation sites excluding steroid dienone is 1. The van der Waals surface area contributed by atoms with E-state index in [2.05, 4.69) is 13.5 Å². The van der Waals surface area contributed by atoms with Gasteiger partial charge in [-0.25, -0.2) is 0 Å². The van der Waals surface area contributed by atoms with Crippen LogP contribution in [0.1, 0.15) is 32.6 Å². The Morgan fingerprint density at radius 2 is 2.10 bits per heavy atom. The van der Waals surface area contributed by atoms with Crippen molar-refractivity contribution >= 4 is 23.2 Å². The molecule has 0 N–H and O–H groups in total. The number of hydrogen-bond donors (Lipinski definition) is 0. The smallest absolute Gasteiger partial charge is 0.103 e. The summed E-state index contributed by atoms with van der Waals surface area (Å²) in [7, 11) is 0. The Bertz CT molecular complexity index is 97.4. The van der Waals surface area contributed by atoms with Crippen LogP contribution in [-0.4, -0.2) is 4.33 Å². The number of rotatable bonds is 5. The largest absolute Gasteiger partial charge is 0.121 e. The van der Waals surface area contributed by atoms with Crippen molar-refractivity contribution in [1.82, 2.24) is 0 Å². The van der Waals surface area contributed by atoms with Gasteiger partial charge >= 0.3 is 0 Å². The molecule has 0 radical (unpaired) electrons. The zero-order chi connectivity index (χ0) is 8.04. The van der Waals surface area contributed by atoms with Crippen LogP contribution in [0.25, 0.3) is 0 Å². The molecule has 10 heavy (non-hydrogen) atoms. The molecule has 0 atom stereocenters. The molecule has 0 amide bonds. The first-order valence-corrected chi connectivity index (χ1v) is 4.36. The Morgan fingerprint density at radius 1 is 1.50 bits per heavy atom. The van der Waals surface area contributed by atoms with Gasteiger partial charge in [-0.15, -0.1) is 29.8 Å². The highest BCUT2D eigenvalue weighted by atomic mass is 35.5. The topological polar surface area (TPSA) is 0 Å². The summed E-state index contributed by atoms with van der Waals surface area (Å²) in [5.74, 6) is 0. The summed E-state index contributed by atoms with van der Waals surface area (Å²) in [4.78, 5) is 0. The van der Waals surface area contributed by atoms with Crippen LogP contribution in [0.4, 0.5) is 0 Å². The molecule has 0 rings (SSSR count). The number of unbranched alkanes of at least 4 members (excludes halogenated alkanes) is 1. The summed E-state index contributed by atoms with van der Waals surface area (Å²) >= 11 is 11.8. The highest BCUT2D eigenvalue weighted by molar-refractivity contribution is 6.48. The van der Waals surface area contributed by atoms with Crippen LogP contribution in [0.15, 0.2) is 12.7 Å². The van der Waals surface area contributed by atoms with Gasteiger partial charge in [0.15, 0.2) is 0 Å².